The summed E-state index contributed by atoms with van der Waals surface area (Å²) in [5.74, 6) is 1.96. The summed E-state index contributed by atoms with van der Waals surface area (Å²) in [6.07, 6.45) is 3.67. The van der Waals surface area contributed by atoms with Crippen molar-refractivity contribution in [1.82, 2.24) is 25.0 Å². The zero-order valence-corrected chi connectivity index (χ0v) is 12.5. The minimum atomic E-state index is -0.179. The molecule has 0 N–H and O–H groups in total. The molecule has 1 saturated heterocycles. The molecule has 0 amide bonds. The second-order valence-corrected chi connectivity index (χ2v) is 5.45. The molecule has 3 heterocycles. The van der Waals surface area contributed by atoms with Gasteiger partial charge in [-0.2, -0.15) is 4.98 Å². The summed E-state index contributed by atoms with van der Waals surface area (Å²) < 4.78 is 11.1. The van der Waals surface area contributed by atoms with E-state index in [2.05, 4.69) is 25.0 Å². The van der Waals surface area contributed by atoms with Crippen molar-refractivity contribution < 1.29 is 9.26 Å². The smallest absolute Gasteiger partial charge is 0.257 e. The Hall–Kier alpha value is -1.86. The first-order chi connectivity index (χ1) is 10.1. The van der Waals surface area contributed by atoms with Crippen LogP contribution >= 0.6 is 0 Å². The third-order valence-electron chi connectivity index (χ3n) is 3.40. The van der Waals surface area contributed by atoms with Gasteiger partial charge in [0.1, 0.15) is 11.9 Å². The van der Waals surface area contributed by atoms with Crippen LogP contribution in [-0.2, 0) is 11.3 Å². The van der Waals surface area contributed by atoms with Crippen molar-refractivity contribution in [1.29, 1.82) is 0 Å². The van der Waals surface area contributed by atoms with E-state index in [4.69, 9.17) is 9.26 Å². The molecular formula is C14H19N5O2. The highest BCUT2D eigenvalue weighted by atomic mass is 16.5. The van der Waals surface area contributed by atoms with Crippen LogP contribution in [-0.4, -0.2) is 44.2 Å². The Morgan fingerprint density at radius 1 is 1.19 bits per heavy atom. The maximum Gasteiger partial charge on any atom is 0.257 e. The van der Waals surface area contributed by atoms with Gasteiger partial charge in [-0.15, -0.1) is 0 Å². The molecule has 1 aliphatic rings. The second-order valence-electron chi connectivity index (χ2n) is 5.45. The van der Waals surface area contributed by atoms with E-state index in [1.165, 1.54) is 0 Å². The molecular weight excluding hydrogens is 270 g/mol. The molecule has 1 aliphatic heterocycles. The average Bonchev–Trinajstić information content (AvgIpc) is 2.88. The molecule has 0 saturated carbocycles. The van der Waals surface area contributed by atoms with E-state index in [-0.39, 0.29) is 12.2 Å². The monoisotopic (exact) mass is 289 g/mol. The maximum absolute atomic E-state index is 5.90. The van der Waals surface area contributed by atoms with Crippen molar-refractivity contribution in [3.8, 4) is 0 Å². The Bertz CT molecular complexity index is 598. The predicted octanol–water partition coefficient (Wildman–Crippen LogP) is 1.44. The summed E-state index contributed by atoms with van der Waals surface area (Å²) in [4.78, 5) is 15.0. The van der Waals surface area contributed by atoms with Crippen LogP contribution in [0.1, 0.15) is 36.1 Å². The molecule has 2 aromatic heterocycles. The fourth-order valence-corrected chi connectivity index (χ4v) is 2.51. The summed E-state index contributed by atoms with van der Waals surface area (Å²) in [6, 6.07) is 0. The van der Waals surface area contributed by atoms with Crippen molar-refractivity contribution in [3.05, 3.63) is 35.5 Å². The summed E-state index contributed by atoms with van der Waals surface area (Å²) in [6.45, 7) is 8.11. The van der Waals surface area contributed by atoms with E-state index < -0.39 is 0 Å². The van der Waals surface area contributed by atoms with Gasteiger partial charge in [0.15, 0.2) is 5.82 Å². The third kappa shape index (κ3) is 3.43. The van der Waals surface area contributed by atoms with Gasteiger partial charge in [0.2, 0.25) is 0 Å². The number of aromatic nitrogens is 4. The Morgan fingerprint density at radius 3 is 2.62 bits per heavy atom. The molecule has 3 rings (SSSR count). The number of hydrogen-bond acceptors (Lipinski definition) is 7. The quantitative estimate of drug-likeness (QED) is 0.846. The maximum atomic E-state index is 5.90. The Kier molecular flexibility index (Phi) is 3.94. The highest BCUT2D eigenvalue weighted by molar-refractivity contribution is 5.05. The van der Waals surface area contributed by atoms with Gasteiger partial charge in [-0.05, 0) is 20.8 Å². The lowest BCUT2D eigenvalue weighted by atomic mass is 10.2. The van der Waals surface area contributed by atoms with Gasteiger partial charge in [0.05, 0.1) is 6.10 Å². The zero-order chi connectivity index (χ0) is 14.8. The van der Waals surface area contributed by atoms with Gasteiger partial charge < -0.3 is 9.26 Å². The van der Waals surface area contributed by atoms with Gasteiger partial charge in [0.25, 0.3) is 5.89 Å². The lowest BCUT2D eigenvalue weighted by Gasteiger charge is -2.35. The molecule has 7 heteroatoms. The van der Waals surface area contributed by atoms with Crippen LogP contribution in [0.4, 0.5) is 0 Å². The second kappa shape index (κ2) is 5.87. The first-order valence-corrected chi connectivity index (χ1v) is 7.05. The van der Waals surface area contributed by atoms with Crippen LogP contribution < -0.4 is 0 Å². The van der Waals surface area contributed by atoms with E-state index in [1.54, 1.807) is 6.92 Å². The SMILES string of the molecule is Cc1ncc(CN2C[C@@H](C)O[C@@H](c3nc(C)no3)C2)cn1. The summed E-state index contributed by atoms with van der Waals surface area (Å²) >= 11 is 0. The van der Waals surface area contributed by atoms with Crippen LogP contribution in [0.3, 0.4) is 0 Å². The van der Waals surface area contributed by atoms with E-state index >= 15 is 0 Å². The third-order valence-corrected chi connectivity index (χ3v) is 3.40. The van der Waals surface area contributed by atoms with Crippen LogP contribution in [0.15, 0.2) is 16.9 Å². The summed E-state index contributed by atoms with van der Waals surface area (Å²) in [5, 5.41) is 3.83. The largest absolute Gasteiger partial charge is 0.363 e. The fraction of sp³-hybridized carbons (Fsp3) is 0.571. The lowest BCUT2D eigenvalue weighted by molar-refractivity contribution is -0.0931. The number of rotatable bonds is 3. The average molecular weight is 289 g/mol. The van der Waals surface area contributed by atoms with Gasteiger partial charge in [-0.3, -0.25) is 4.90 Å². The topological polar surface area (TPSA) is 77.2 Å². The van der Waals surface area contributed by atoms with Crippen LogP contribution in [0.25, 0.3) is 0 Å². The van der Waals surface area contributed by atoms with Crippen molar-refractivity contribution in [2.75, 3.05) is 13.1 Å². The van der Waals surface area contributed by atoms with Crippen LogP contribution in [0.5, 0.6) is 0 Å². The molecule has 112 valence electrons. The molecule has 0 bridgehead atoms. The molecule has 1 fully saturated rings. The molecule has 0 radical (unpaired) electrons. The van der Waals surface area contributed by atoms with Gasteiger partial charge in [-0.25, -0.2) is 9.97 Å². The van der Waals surface area contributed by atoms with Crippen molar-refractivity contribution in [2.24, 2.45) is 0 Å². The van der Waals surface area contributed by atoms with E-state index in [0.29, 0.717) is 11.7 Å². The van der Waals surface area contributed by atoms with Gasteiger partial charge in [-0.1, -0.05) is 5.16 Å². The highest BCUT2D eigenvalue weighted by Crippen LogP contribution is 2.24. The van der Waals surface area contributed by atoms with E-state index in [0.717, 1.165) is 31.0 Å². The van der Waals surface area contributed by atoms with Crippen molar-refractivity contribution in [3.63, 3.8) is 0 Å². The van der Waals surface area contributed by atoms with Gasteiger partial charge >= 0.3 is 0 Å². The molecule has 0 aromatic carbocycles. The molecule has 0 spiro atoms. The number of nitrogens with zero attached hydrogens (tertiary/aromatic N) is 5. The van der Waals surface area contributed by atoms with Crippen molar-refractivity contribution >= 4 is 0 Å². The highest BCUT2D eigenvalue weighted by Gasteiger charge is 2.30. The van der Waals surface area contributed by atoms with Gasteiger partial charge in [0, 0.05) is 37.6 Å². The molecule has 0 unspecified atom stereocenters. The summed E-state index contributed by atoms with van der Waals surface area (Å²) in [5.41, 5.74) is 1.09. The first-order valence-electron chi connectivity index (χ1n) is 7.05. The minimum Gasteiger partial charge on any atom is -0.363 e. The van der Waals surface area contributed by atoms with E-state index in [9.17, 15) is 0 Å². The number of ether oxygens (including phenoxy) is 1. The number of aryl methyl sites for hydroxylation is 2. The zero-order valence-electron chi connectivity index (χ0n) is 12.5. The normalized spacial score (nSPS) is 23.4. The first kappa shape index (κ1) is 14.1. The Balaban J connectivity index is 1.69. The van der Waals surface area contributed by atoms with Crippen LogP contribution in [0, 0.1) is 13.8 Å². The Labute approximate surface area is 123 Å². The van der Waals surface area contributed by atoms with E-state index in [1.807, 2.05) is 26.2 Å². The molecule has 21 heavy (non-hydrogen) atoms. The van der Waals surface area contributed by atoms with Crippen molar-refractivity contribution in [2.45, 2.75) is 39.5 Å². The predicted molar refractivity (Wildman–Crippen MR) is 74.4 cm³/mol. The summed E-state index contributed by atoms with van der Waals surface area (Å²) in [7, 11) is 0. The number of hydrogen-bond donors (Lipinski definition) is 0. The lowest BCUT2D eigenvalue weighted by Crippen LogP contribution is -2.42. The molecule has 7 nitrogen and oxygen atoms in total. The molecule has 2 aromatic rings. The molecule has 2 atom stereocenters. The Morgan fingerprint density at radius 2 is 1.95 bits per heavy atom. The number of morpholine rings is 1. The standard InChI is InChI=1S/C14H19N5O2/c1-9-6-19(7-12-4-15-10(2)16-5-12)8-13(20-9)14-17-11(3)18-21-14/h4-5,9,13H,6-8H2,1-3H3/t9-,13-/m1/s1. The fourth-order valence-electron chi connectivity index (χ4n) is 2.51. The van der Waals surface area contributed by atoms with Crippen LogP contribution in [0.2, 0.25) is 0 Å². The molecule has 0 aliphatic carbocycles. The minimum absolute atomic E-state index is 0.113.